The fourth-order valence-corrected chi connectivity index (χ4v) is 4.52. The largest absolute Gasteiger partial charge is 0.273 e. The van der Waals surface area contributed by atoms with Gasteiger partial charge in [-0.1, -0.05) is 22.9 Å². The average molecular weight is 388 g/mol. The van der Waals surface area contributed by atoms with Crippen LogP contribution in [0.1, 0.15) is 28.4 Å². The summed E-state index contributed by atoms with van der Waals surface area (Å²) in [5.41, 5.74) is 1.99. The molecule has 0 spiro atoms. The Hall–Kier alpha value is -1.18. The van der Waals surface area contributed by atoms with Crippen molar-refractivity contribution in [3.8, 4) is 0 Å². The topological polar surface area (TPSA) is 63.2 Å². The Balaban J connectivity index is 2.25. The van der Waals surface area contributed by atoms with Crippen molar-refractivity contribution in [2.75, 3.05) is 0 Å². The number of nitrogens with one attached hydrogen (secondary N) is 1. The zero-order chi connectivity index (χ0) is 15.6. The number of halogens is 1. The molecule has 0 fully saturated rings. The summed E-state index contributed by atoms with van der Waals surface area (Å²) in [4.78, 5) is 12.1. The first-order valence-electron chi connectivity index (χ1n) is 6.24. The van der Waals surface area contributed by atoms with Crippen LogP contribution < -0.4 is 4.72 Å². The van der Waals surface area contributed by atoms with Crippen LogP contribution in [0.2, 0.25) is 0 Å². The molecule has 1 aromatic carbocycles. The van der Waals surface area contributed by atoms with Crippen LogP contribution in [0.4, 0.5) is 0 Å². The van der Waals surface area contributed by atoms with Gasteiger partial charge in [-0.15, -0.1) is 11.3 Å². The first-order chi connectivity index (χ1) is 9.83. The molecule has 0 aliphatic carbocycles. The summed E-state index contributed by atoms with van der Waals surface area (Å²) in [5.74, 6) is -0.619. The molecule has 0 bridgehead atoms. The molecule has 0 aliphatic rings. The summed E-state index contributed by atoms with van der Waals surface area (Å²) in [5, 5.41) is 1.78. The first-order valence-corrected chi connectivity index (χ1v) is 9.40. The van der Waals surface area contributed by atoms with E-state index in [1.165, 1.54) is 0 Å². The van der Waals surface area contributed by atoms with Gasteiger partial charge in [0.1, 0.15) is 4.21 Å². The average Bonchev–Trinajstić information content (AvgIpc) is 2.87. The van der Waals surface area contributed by atoms with Crippen molar-refractivity contribution >= 4 is 43.2 Å². The highest BCUT2D eigenvalue weighted by Crippen LogP contribution is 2.21. The Morgan fingerprint density at radius 3 is 2.62 bits per heavy atom. The van der Waals surface area contributed by atoms with Crippen LogP contribution in [0.5, 0.6) is 0 Å². The van der Waals surface area contributed by atoms with E-state index in [1.54, 1.807) is 36.6 Å². The van der Waals surface area contributed by atoms with Crippen molar-refractivity contribution in [2.45, 2.75) is 24.5 Å². The molecule has 1 heterocycles. The Bertz CT molecular complexity index is 781. The zero-order valence-electron chi connectivity index (χ0n) is 11.5. The number of carbonyl (C=O) groups is 1. The molecule has 7 heteroatoms. The Labute approximate surface area is 136 Å². The van der Waals surface area contributed by atoms with Crippen LogP contribution in [0.25, 0.3) is 0 Å². The molecule has 2 rings (SSSR count). The smallest absolute Gasteiger partial charge is 0.268 e. The number of sulfonamides is 1. The predicted molar refractivity (Wildman–Crippen MR) is 87.2 cm³/mol. The van der Waals surface area contributed by atoms with Crippen molar-refractivity contribution in [2.24, 2.45) is 0 Å². The fourth-order valence-electron chi connectivity index (χ4n) is 1.79. The van der Waals surface area contributed by atoms with Gasteiger partial charge in [-0.3, -0.25) is 4.79 Å². The monoisotopic (exact) mass is 387 g/mol. The number of thiophene rings is 1. The van der Waals surface area contributed by atoms with Crippen LogP contribution in [0, 0.1) is 6.92 Å². The summed E-state index contributed by atoms with van der Waals surface area (Å²) in [6, 6.07) is 6.65. The molecule has 21 heavy (non-hydrogen) atoms. The molecule has 1 N–H and O–H groups in total. The quantitative estimate of drug-likeness (QED) is 0.872. The lowest BCUT2D eigenvalue weighted by Crippen LogP contribution is -2.30. The summed E-state index contributed by atoms with van der Waals surface area (Å²) >= 11 is 4.42. The van der Waals surface area contributed by atoms with E-state index in [-0.39, 0.29) is 4.21 Å². The molecular weight excluding hydrogens is 374 g/mol. The number of carbonyl (C=O) groups excluding carboxylic acids is 1. The molecule has 0 saturated heterocycles. The number of aryl methyl sites for hydroxylation is 2. The van der Waals surface area contributed by atoms with E-state index in [4.69, 9.17) is 0 Å². The maximum absolute atomic E-state index is 12.2. The molecule has 0 aliphatic heterocycles. The molecule has 0 atom stereocenters. The van der Waals surface area contributed by atoms with E-state index in [0.717, 1.165) is 27.8 Å². The highest BCUT2D eigenvalue weighted by atomic mass is 79.9. The number of amides is 1. The van der Waals surface area contributed by atoms with Gasteiger partial charge in [0.25, 0.3) is 15.9 Å². The molecule has 0 saturated carbocycles. The Morgan fingerprint density at radius 2 is 2.05 bits per heavy atom. The summed E-state index contributed by atoms with van der Waals surface area (Å²) in [6.07, 6.45) is 0.756. The van der Waals surface area contributed by atoms with Crippen molar-refractivity contribution in [1.29, 1.82) is 0 Å². The lowest BCUT2D eigenvalue weighted by molar-refractivity contribution is 0.0981. The van der Waals surface area contributed by atoms with E-state index in [1.807, 2.05) is 6.92 Å². The van der Waals surface area contributed by atoms with Crippen LogP contribution in [-0.2, 0) is 16.4 Å². The van der Waals surface area contributed by atoms with Gasteiger partial charge in [0.2, 0.25) is 0 Å². The van der Waals surface area contributed by atoms with Crippen molar-refractivity contribution in [3.63, 3.8) is 0 Å². The molecule has 1 aromatic heterocycles. The summed E-state index contributed by atoms with van der Waals surface area (Å²) in [6.45, 7) is 3.70. The van der Waals surface area contributed by atoms with Gasteiger partial charge < -0.3 is 0 Å². The van der Waals surface area contributed by atoms with Gasteiger partial charge in [0.05, 0.1) is 0 Å². The van der Waals surface area contributed by atoms with E-state index < -0.39 is 15.9 Å². The van der Waals surface area contributed by atoms with Crippen LogP contribution in [0.3, 0.4) is 0 Å². The second-order valence-electron chi connectivity index (χ2n) is 4.52. The standard InChI is InChI=1S/C14H14BrNO3S2/c1-3-10-7-13(20-8-10)21(18,19)16-14(17)12-5-4-11(15)6-9(12)2/h4-8H,3H2,1-2H3,(H,16,17). The molecule has 1 amide bonds. The SMILES string of the molecule is CCc1csc(S(=O)(=O)NC(=O)c2ccc(Br)cc2C)c1. The minimum atomic E-state index is -3.82. The van der Waals surface area contributed by atoms with Crippen molar-refractivity contribution in [1.82, 2.24) is 4.72 Å². The van der Waals surface area contributed by atoms with Gasteiger partial charge in [-0.2, -0.15) is 0 Å². The Morgan fingerprint density at radius 1 is 1.33 bits per heavy atom. The number of hydrogen-bond acceptors (Lipinski definition) is 4. The molecule has 4 nitrogen and oxygen atoms in total. The third-order valence-corrected chi connectivity index (χ3v) is 6.28. The summed E-state index contributed by atoms with van der Waals surface area (Å²) in [7, 11) is -3.82. The number of rotatable bonds is 4. The lowest BCUT2D eigenvalue weighted by atomic mass is 10.1. The minimum Gasteiger partial charge on any atom is -0.268 e. The molecule has 0 radical (unpaired) electrons. The van der Waals surface area contributed by atoms with Gasteiger partial charge in [-0.05, 0) is 54.1 Å². The van der Waals surface area contributed by atoms with Crippen LogP contribution in [-0.4, -0.2) is 14.3 Å². The second kappa shape index (κ2) is 6.29. The number of hydrogen-bond donors (Lipinski definition) is 1. The molecule has 112 valence electrons. The highest BCUT2D eigenvalue weighted by Gasteiger charge is 2.21. The van der Waals surface area contributed by atoms with Gasteiger partial charge in [-0.25, -0.2) is 13.1 Å². The summed E-state index contributed by atoms with van der Waals surface area (Å²) < 4.78 is 27.5. The van der Waals surface area contributed by atoms with E-state index in [2.05, 4.69) is 20.7 Å². The van der Waals surface area contributed by atoms with Crippen LogP contribution >= 0.6 is 27.3 Å². The van der Waals surface area contributed by atoms with Crippen molar-refractivity contribution < 1.29 is 13.2 Å². The van der Waals surface area contributed by atoms with E-state index >= 15 is 0 Å². The normalized spacial score (nSPS) is 11.4. The fraction of sp³-hybridized carbons (Fsp3) is 0.214. The third kappa shape index (κ3) is 3.72. The second-order valence-corrected chi connectivity index (χ2v) is 8.26. The van der Waals surface area contributed by atoms with Crippen LogP contribution in [0.15, 0.2) is 38.3 Å². The molecule has 2 aromatic rings. The van der Waals surface area contributed by atoms with E-state index in [0.29, 0.717) is 11.1 Å². The molecule has 0 unspecified atom stereocenters. The van der Waals surface area contributed by atoms with Crippen molar-refractivity contribution in [3.05, 3.63) is 50.8 Å². The zero-order valence-corrected chi connectivity index (χ0v) is 14.7. The lowest BCUT2D eigenvalue weighted by Gasteiger charge is -2.07. The minimum absolute atomic E-state index is 0.155. The molecular formula is C14H14BrNO3S2. The van der Waals surface area contributed by atoms with Gasteiger partial charge >= 0.3 is 0 Å². The first kappa shape index (κ1) is 16.2. The van der Waals surface area contributed by atoms with E-state index in [9.17, 15) is 13.2 Å². The number of benzene rings is 1. The van der Waals surface area contributed by atoms with Gasteiger partial charge in [0, 0.05) is 10.0 Å². The maximum atomic E-state index is 12.2. The van der Waals surface area contributed by atoms with Gasteiger partial charge in [0.15, 0.2) is 0 Å². The Kier molecular flexibility index (Phi) is 4.85. The predicted octanol–water partition coefficient (Wildman–Crippen LogP) is 3.50. The third-order valence-electron chi connectivity index (χ3n) is 2.96. The maximum Gasteiger partial charge on any atom is 0.273 e. The highest BCUT2D eigenvalue weighted by molar-refractivity contribution is 9.10.